The second kappa shape index (κ2) is 8.98. The lowest BCUT2D eigenvalue weighted by molar-refractivity contribution is 0.0376. The van der Waals surface area contributed by atoms with Gasteiger partial charge in [-0.05, 0) is 68.2 Å². The van der Waals surface area contributed by atoms with E-state index in [4.69, 9.17) is 4.74 Å². The van der Waals surface area contributed by atoms with Gasteiger partial charge in [0.05, 0.1) is 17.4 Å². The van der Waals surface area contributed by atoms with E-state index in [1.807, 2.05) is 39.1 Å². The maximum absolute atomic E-state index is 12.7. The molecule has 0 bridgehead atoms. The number of carbonyl (C=O) groups is 1. The van der Waals surface area contributed by atoms with E-state index in [0.717, 1.165) is 21.2 Å². The summed E-state index contributed by atoms with van der Waals surface area (Å²) in [6, 6.07) is 3.85. The molecule has 7 nitrogen and oxygen atoms in total. The predicted molar refractivity (Wildman–Crippen MR) is 121 cm³/mol. The zero-order valence-corrected chi connectivity index (χ0v) is 20.6. The van der Waals surface area contributed by atoms with Gasteiger partial charge in [-0.25, -0.2) is 13.2 Å². The van der Waals surface area contributed by atoms with Crippen molar-refractivity contribution in [2.45, 2.75) is 46.8 Å². The highest BCUT2D eigenvalue weighted by Crippen LogP contribution is 2.31. The maximum atomic E-state index is 12.7. The lowest BCUT2D eigenvalue weighted by atomic mass is 10.0. The van der Waals surface area contributed by atoms with Crippen molar-refractivity contribution in [2.75, 3.05) is 31.9 Å². The Bertz CT molecular complexity index is 1040. The molecule has 0 N–H and O–H groups in total. The van der Waals surface area contributed by atoms with Gasteiger partial charge in [0.25, 0.3) is 0 Å². The van der Waals surface area contributed by atoms with Crippen LogP contribution in [0, 0.1) is 6.92 Å². The number of carbonyl (C=O) groups excluding carboxylic acids is 1. The summed E-state index contributed by atoms with van der Waals surface area (Å²) in [7, 11) is -3.17. The number of halogens is 1. The van der Waals surface area contributed by atoms with E-state index in [1.54, 1.807) is 11.2 Å². The van der Waals surface area contributed by atoms with Crippen molar-refractivity contribution in [1.29, 1.82) is 0 Å². The van der Waals surface area contributed by atoms with Gasteiger partial charge in [0.2, 0.25) is 10.0 Å². The van der Waals surface area contributed by atoms with Crippen LogP contribution in [-0.4, -0.2) is 66.0 Å². The molecule has 0 amide bonds. The third kappa shape index (κ3) is 4.59. The minimum Gasteiger partial charge on any atom is -0.459 e. The Labute approximate surface area is 187 Å². The van der Waals surface area contributed by atoms with Gasteiger partial charge in [0, 0.05) is 54.1 Å². The van der Waals surface area contributed by atoms with E-state index in [9.17, 15) is 13.2 Å². The lowest BCUT2D eigenvalue weighted by Gasteiger charge is -2.38. The van der Waals surface area contributed by atoms with Crippen LogP contribution in [0.25, 0.3) is 5.52 Å². The zero-order valence-electron chi connectivity index (χ0n) is 18.2. The second-order valence-electron chi connectivity index (χ2n) is 7.99. The van der Waals surface area contributed by atoms with Gasteiger partial charge in [0.1, 0.15) is 0 Å². The molecule has 0 spiro atoms. The quantitative estimate of drug-likeness (QED) is 0.567. The molecular weight excluding hydrogens is 470 g/mol. The number of nitrogens with zero attached hydrogens (tertiary/aromatic N) is 3. The minimum absolute atomic E-state index is 0.00470. The van der Waals surface area contributed by atoms with Gasteiger partial charge in [-0.2, -0.15) is 4.31 Å². The molecule has 3 heterocycles. The Balaban J connectivity index is 1.96. The predicted octanol–water partition coefficient (Wildman–Crippen LogP) is 3.60. The summed E-state index contributed by atoms with van der Waals surface area (Å²) >= 11 is 3.54. The number of esters is 1. The molecule has 1 saturated heterocycles. The number of pyridine rings is 1. The number of sulfonamides is 1. The SMILES string of the molecule is CCS(=O)(=O)N1CCN(C(C)c2c(C)c(C(=O)OC(C)C)cc3cc(Br)cn23)CC1. The van der Waals surface area contributed by atoms with Crippen LogP contribution in [0.5, 0.6) is 0 Å². The number of ether oxygens (including phenoxy) is 1. The first-order chi connectivity index (χ1) is 14.0. The number of hydrogen-bond donors (Lipinski definition) is 0. The topological polar surface area (TPSA) is 71.3 Å². The molecule has 9 heteroatoms. The molecule has 0 aliphatic carbocycles. The van der Waals surface area contributed by atoms with Crippen LogP contribution in [0.3, 0.4) is 0 Å². The van der Waals surface area contributed by atoms with Crippen LogP contribution in [0.15, 0.2) is 22.8 Å². The molecule has 2 aromatic rings. The van der Waals surface area contributed by atoms with Crippen LogP contribution in [0.2, 0.25) is 0 Å². The molecule has 0 radical (unpaired) electrons. The van der Waals surface area contributed by atoms with Crippen LogP contribution >= 0.6 is 15.9 Å². The second-order valence-corrected chi connectivity index (χ2v) is 11.2. The summed E-state index contributed by atoms with van der Waals surface area (Å²) in [5.74, 6) is -0.200. The first-order valence-electron chi connectivity index (χ1n) is 10.3. The Morgan fingerprint density at radius 3 is 2.37 bits per heavy atom. The molecule has 1 aliphatic heterocycles. The first-order valence-corrected chi connectivity index (χ1v) is 12.7. The molecule has 0 aromatic carbocycles. The molecule has 1 atom stereocenters. The van der Waals surface area contributed by atoms with E-state index < -0.39 is 10.0 Å². The Morgan fingerprint density at radius 1 is 1.17 bits per heavy atom. The number of fused-ring (bicyclic) bond motifs is 1. The molecule has 0 saturated carbocycles. The molecule has 30 heavy (non-hydrogen) atoms. The first kappa shape index (κ1) is 23.2. The normalized spacial score (nSPS) is 17.6. The molecule has 2 aromatic heterocycles. The van der Waals surface area contributed by atoms with Gasteiger partial charge in [-0.3, -0.25) is 4.90 Å². The molecule has 1 aliphatic rings. The van der Waals surface area contributed by atoms with E-state index in [0.29, 0.717) is 31.7 Å². The number of piperazine rings is 1. The number of rotatable bonds is 6. The van der Waals surface area contributed by atoms with E-state index in [-0.39, 0.29) is 23.9 Å². The van der Waals surface area contributed by atoms with Crippen molar-refractivity contribution < 1.29 is 17.9 Å². The largest absolute Gasteiger partial charge is 0.459 e. The maximum Gasteiger partial charge on any atom is 0.338 e. The van der Waals surface area contributed by atoms with Crippen molar-refractivity contribution in [2.24, 2.45) is 0 Å². The Kier molecular flexibility index (Phi) is 6.96. The van der Waals surface area contributed by atoms with Crippen molar-refractivity contribution >= 4 is 37.4 Å². The van der Waals surface area contributed by atoms with Gasteiger partial charge < -0.3 is 9.14 Å². The fraction of sp³-hybridized carbons (Fsp3) is 0.571. The van der Waals surface area contributed by atoms with Gasteiger partial charge in [0.15, 0.2) is 0 Å². The van der Waals surface area contributed by atoms with Crippen LogP contribution in [-0.2, 0) is 14.8 Å². The average Bonchev–Trinajstić information content (AvgIpc) is 3.06. The number of aromatic nitrogens is 1. The Morgan fingerprint density at radius 2 is 1.80 bits per heavy atom. The summed E-state index contributed by atoms with van der Waals surface area (Å²) in [6.45, 7) is 11.7. The van der Waals surface area contributed by atoms with Crippen molar-refractivity contribution in [3.05, 3.63) is 39.6 Å². The zero-order chi connectivity index (χ0) is 22.2. The van der Waals surface area contributed by atoms with Crippen molar-refractivity contribution in [3.8, 4) is 0 Å². The van der Waals surface area contributed by atoms with Gasteiger partial charge in [-0.1, -0.05) is 0 Å². The van der Waals surface area contributed by atoms with Crippen molar-refractivity contribution in [1.82, 2.24) is 13.6 Å². The van der Waals surface area contributed by atoms with E-state index >= 15 is 0 Å². The van der Waals surface area contributed by atoms with E-state index in [1.165, 1.54) is 0 Å². The Hall–Kier alpha value is -1.42. The third-order valence-corrected chi connectivity index (χ3v) is 8.01. The van der Waals surface area contributed by atoms with Crippen LogP contribution in [0.4, 0.5) is 0 Å². The fourth-order valence-electron chi connectivity index (χ4n) is 4.07. The monoisotopic (exact) mass is 499 g/mol. The molecule has 1 fully saturated rings. The standard InChI is InChI=1S/C21H30BrN3O4S/c1-6-30(27,28)24-9-7-23(8-10-24)16(5)20-15(4)19(21(26)29-14(2)3)12-18-11-17(22)13-25(18)20/h11-14,16H,6-10H2,1-5H3. The highest BCUT2D eigenvalue weighted by atomic mass is 79.9. The summed E-state index contributed by atoms with van der Waals surface area (Å²) in [4.78, 5) is 15.0. The molecule has 1 unspecified atom stereocenters. The molecular formula is C21H30BrN3O4S. The third-order valence-electron chi connectivity index (χ3n) is 5.69. The summed E-state index contributed by atoms with van der Waals surface area (Å²) in [5, 5.41) is 0. The summed E-state index contributed by atoms with van der Waals surface area (Å²) < 4.78 is 34.5. The van der Waals surface area contributed by atoms with E-state index in [2.05, 4.69) is 32.2 Å². The summed E-state index contributed by atoms with van der Waals surface area (Å²) in [5.41, 5.74) is 3.38. The van der Waals surface area contributed by atoms with Gasteiger partial charge in [-0.15, -0.1) is 0 Å². The summed E-state index contributed by atoms with van der Waals surface area (Å²) in [6.07, 6.45) is 1.81. The number of hydrogen-bond acceptors (Lipinski definition) is 5. The minimum atomic E-state index is -3.17. The highest BCUT2D eigenvalue weighted by Gasteiger charge is 2.30. The van der Waals surface area contributed by atoms with Crippen molar-refractivity contribution in [3.63, 3.8) is 0 Å². The smallest absolute Gasteiger partial charge is 0.338 e. The lowest BCUT2D eigenvalue weighted by Crippen LogP contribution is -2.49. The average molecular weight is 500 g/mol. The fourth-order valence-corrected chi connectivity index (χ4v) is 5.59. The molecule has 3 rings (SSSR count). The molecule has 166 valence electrons. The van der Waals surface area contributed by atoms with Gasteiger partial charge >= 0.3 is 5.97 Å². The van der Waals surface area contributed by atoms with Crippen LogP contribution in [0.1, 0.15) is 55.4 Å². The highest BCUT2D eigenvalue weighted by molar-refractivity contribution is 9.10. The van der Waals surface area contributed by atoms with Crippen LogP contribution < -0.4 is 0 Å².